The van der Waals surface area contributed by atoms with Gasteiger partial charge in [0.1, 0.15) is 0 Å². The number of nitrogens with zero attached hydrogens (tertiary/aromatic N) is 1. The van der Waals surface area contributed by atoms with Crippen molar-refractivity contribution in [1.82, 2.24) is 10.2 Å². The Bertz CT molecular complexity index is 467. The maximum absolute atomic E-state index is 13.3. The number of carbonyl (C=O) groups excluding carboxylic acids is 1. The van der Waals surface area contributed by atoms with Crippen LogP contribution in [0.15, 0.2) is 24.3 Å². The van der Waals surface area contributed by atoms with Crippen LogP contribution >= 0.6 is 12.4 Å². The molecule has 22 heavy (non-hydrogen) atoms. The van der Waals surface area contributed by atoms with Gasteiger partial charge in [0, 0.05) is 19.5 Å². The summed E-state index contributed by atoms with van der Waals surface area (Å²) < 4.78 is 18.7. The molecule has 1 fully saturated rings. The second-order valence-electron chi connectivity index (χ2n) is 5.37. The molecule has 0 unspecified atom stereocenters. The van der Waals surface area contributed by atoms with Gasteiger partial charge in [-0.1, -0.05) is 12.1 Å². The first-order valence-electron chi connectivity index (χ1n) is 7.52. The van der Waals surface area contributed by atoms with Crippen molar-refractivity contribution in [1.29, 1.82) is 0 Å². The van der Waals surface area contributed by atoms with Crippen molar-refractivity contribution in [3.05, 3.63) is 30.1 Å². The van der Waals surface area contributed by atoms with Crippen LogP contribution in [0.2, 0.25) is 0 Å². The van der Waals surface area contributed by atoms with E-state index < -0.39 is 0 Å². The maximum atomic E-state index is 13.3. The number of para-hydroxylation sites is 1. The highest BCUT2D eigenvalue weighted by Gasteiger charge is 2.21. The number of halogens is 2. The maximum Gasteiger partial charge on any atom is 0.222 e. The minimum atomic E-state index is -0.365. The first-order chi connectivity index (χ1) is 10.2. The summed E-state index contributed by atoms with van der Waals surface area (Å²) in [6.07, 6.45) is 3.05. The van der Waals surface area contributed by atoms with Crippen LogP contribution in [0.1, 0.15) is 25.7 Å². The van der Waals surface area contributed by atoms with Crippen LogP contribution in [0.25, 0.3) is 0 Å². The normalized spacial score (nSPS) is 15.0. The lowest BCUT2D eigenvalue weighted by Crippen LogP contribution is -2.43. The summed E-state index contributed by atoms with van der Waals surface area (Å²) >= 11 is 0. The lowest BCUT2D eigenvalue weighted by Gasteiger charge is -2.31. The summed E-state index contributed by atoms with van der Waals surface area (Å²) in [7, 11) is 1.87. The van der Waals surface area contributed by atoms with E-state index in [9.17, 15) is 9.18 Å². The Hall–Kier alpha value is -1.33. The Labute approximate surface area is 137 Å². The smallest absolute Gasteiger partial charge is 0.222 e. The molecule has 4 nitrogen and oxygen atoms in total. The standard InChI is InChI=1S/C16H23FN2O2.ClH/c1-19(13-8-10-18-11-9-13)16(20)7-4-12-21-15-6-3-2-5-14(15)17;/h2-3,5-6,13,18H,4,7-12H2,1H3;1H. The monoisotopic (exact) mass is 330 g/mol. The van der Waals surface area contributed by atoms with Crippen LogP contribution in [-0.2, 0) is 4.79 Å². The average molecular weight is 331 g/mol. The molecule has 1 aromatic carbocycles. The molecule has 1 aliphatic heterocycles. The highest BCUT2D eigenvalue weighted by atomic mass is 35.5. The molecule has 0 aliphatic carbocycles. The Morgan fingerprint density at radius 1 is 1.36 bits per heavy atom. The minimum Gasteiger partial charge on any atom is -0.491 e. The van der Waals surface area contributed by atoms with Crippen molar-refractivity contribution in [2.75, 3.05) is 26.7 Å². The van der Waals surface area contributed by atoms with Gasteiger partial charge >= 0.3 is 0 Å². The van der Waals surface area contributed by atoms with E-state index in [1.54, 1.807) is 18.2 Å². The van der Waals surface area contributed by atoms with Gasteiger partial charge in [0.05, 0.1) is 6.61 Å². The molecule has 1 aliphatic rings. The molecular formula is C16H24ClFN2O2. The van der Waals surface area contributed by atoms with Crippen molar-refractivity contribution in [2.24, 2.45) is 0 Å². The van der Waals surface area contributed by atoms with E-state index in [2.05, 4.69) is 5.32 Å². The number of nitrogens with one attached hydrogen (secondary N) is 1. The van der Waals surface area contributed by atoms with Crippen molar-refractivity contribution in [3.8, 4) is 5.75 Å². The Balaban J connectivity index is 0.00000242. The van der Waals surface area contributed by atoms with Crippen molar-refractivity contribution in [2.45, 2.75) is 31.7 Å². The third-order valence-electron chi connectivity index (χ3n) is 3.88. The van der Waals surface area contributed by atoms with E-state index in [-0.39, 0.29) is 29.9 Å². The topological polar surface area (TPSA) is 41.6 Å². The van der Waals surface area contributed by atoms with Gasteiger partial charge in [-0.2, -0.15) is 0 Å². The number of hydrogen-bond acceptors (Lipinski definition) is 3. The van der Waals surface area contributed by atoms with Crippen LogP contribution in [0.4, 0.5) is 4.39 Å². The summed E-state index contributed by atoms with van der Waals surface area (Å²) in [5, 5.41) is 3.29. The molecule has 124 valence electrons. The molecule has 1 aromatic rings. The summed E-state index contributed by atoms with van der Waals surface area (Å²) in [5.74, 6) is 0.0198. The Morgan fingerprint density at radius 2 is 2.05 bits per heavy atom. The zero-order chi connectivity index (χ0) is 15.1. The predicted molar refractivity (Wildman–Crippen MR) is 87.0 cm³/mol. The van der Waals surface area contributed by atoms with Gasteiger partial charge in [-0.25, -0.2) is 4.39 Å². The SMILES string of the molecule is CN(C(=O)CCCOc1ccccc1F)C1CCNCC1.Cl. The minimum absolute atomic E-state index is 0. The highest BCUT2D eigenvalue weighted by Crippen LogP contribution is 2.16. The van der Waals surface area contributed by atoms with Crippen LogP contribution in [-0.4, -0.2) is 43.6 Å². The highest BCUT2D eigenvalue weighted by molar-refractivity contribution is 5.85. The zero-order valence-corrected chi connectivity index (χ0v) is 13.7. The van der Waals surface area contributed by atoms with Crippen molar-refractivity contribution < 1.29 is 13.9 Å². The number of amides is 1. The number of rotatable bonds is 6. The quantitative estimate of drug-likeness (QED) is 0.815. The van der Waals surface area contributed by atoms with Gasteiger partial charge in [0.15, 0.2) is 11.6 Å². The van der Waals surface area contributed by atoms with Crippen molar-refractivity contribution >= 4 is 18.3 Å². The van der Waals surface area contributed by atoms with E-state index in [0.717, 1.165) is 25.9 Å². The molecule has 2 rings (SSSR count). The Morgan fingerprint density at radius 3 is 2.73 bits per heavy atom. The van der Waals surface area contributed by atoms with Gasteiger partial charge in [0.25, 0.3) is 0 Å². The second kappa shape index (κ2) is 9.64. The molecule has 0 radical (unpaired) electrons. The predicted octanol–water partition coefficient (Wildman–Crippen LogP) is 2.62. The molecule has 0 atom stereocenters. The van der Waals surface area contributed by atoms with Gasteiger partial charge in [0.2, 0.25) is 5.91 Å². The third kappa shape index (κ3) is 5.46. The summed E-state index contributed by atoms with van der Waals surface area (Å²) in [4.78, 5) is 13.9. The largest absolute Gasteiger partial charge is 0.491 e. The Kier molecular flexibility index (Phi) is 8.20. The van der Waals surface area contributed by atoms with Crippen LogP contribution < -0.4 is 10.1 Å². The van der Waals surface area contributed by atoms with Gasteiger partial charge in [-0.15, -0.1) is 12.4 Å². The molecule has 6 heteroatoms. The van der Waals surface area contributed by atoms with Gasteiger partial charge in [-0.3, -0.25) is 4.79 Å². The summed E-state index contributed by atoms with van der Waals surface area (Å²) in [5.41, 5.74) is 0. The van der Waals surface area contributed by atoms with E-state index in [1.165, 1.54) is 6.07 Å². The number of carbonyl (C=O) groups is 1. The third-order valence-corrected chi connectivity index (χ3v) is 3.88. The van der Waals surface area contributed by atoms with Crippen molar-refractivity contribution in [3.63, 3.8) is 0 Å². The zero-order valence-electron chi connectivity index (χ0n) is 12.9. The number of hydrogen-bond donors (Lipinski definition) is 1. The lowest BCUT2D eigenvalue weighted by atomic mass is 10.0. The average Bonchev–Trinajstić information content (AvgIpc) is 2.53. The lowest BCUT2D eigenvalue weighted by molar-refractivity contribution is -0.132. The molecule has 1 N–H and O–H groups in total. The fraction of sp³-hybridized carbons (Fsp3) is 0.562. The molecule has 0 spiro atoms. The van der Waals surface area contributed by atoms with Gasteiger partial charge in [-0.05, 0) is 44.5 Å². The van der Waals surface area contributed by atoms with E-state index in [1.807, 2.05) is 11.9 Å². The van der Waals surface area contributed by atoms with E-state index in [4.69, 9.17) is 4.74 Å². The molecule has 1 amide bonds. The van der Waals surface area contributed by atoms with Crippen LogP contribution in [0, 0.1) is 5.82 Å². The molecule has 0 bridgehead atoms. The first kappa shape index (κ1) is 18.7. The van der Waals surface area contributed by atoms with Crippen LogP contribution in [0.5, 0.6) is 5.75 Å². The summed E-state index contributed by atoms with van der Waals surface area (Å²) in [6, 6.07) is 6.66. The molecule has 1 heterocycles. The van der Waals surface area contributed by atoms with Crippen LogP contribution in [0.3, 0.4) is 0 Å². The van der Waals surface area contributed by atoms with E-state index in [0.29, 0.717) is 25.5 Å². The van der Waals surface area contributed by atoms with E-state index >= 15 is 0 Å². The number of benzene rings is 1. The molecule has 0 aromatic heterocycles. The number of piperidine rings is 1. The fourth-order valence-electron chi connectivity index (χ4n) is 2.54. The molecule has 0 saturated carbocycles. The summed E-state index contributed by atoms with van der Waals surface area (Å²) in [6.45, 7) is 2.30. The number of ether oxygens (including phenoxy) is 1. The second-order valence-corrected chi connectivity index (χ2v) is 5.37. The van der Waals surface area contributed by atoms with Gasteiger partial charge < -0.3 is 15.0 Å². The first-order valence-corrected chi connectivity index (χ1v) is 7.52. The fourth-order valence-corrected chi connectivity index (χ4v) is 2.54. The molecular weight excluding hydrogens is 307 g/mol. The molecule has 1 saturated heterocycles.